The van der Waals surface area contributed by atoms with Gasteiger partial charge in [0.05, 0.1) is 13.2 Å². The fraction of sp³-hybridized carbons (Fsp3) is 0.909. The van der Waals surface area contributed by atoms with E-state index in [1.54, 1.807) is 0 Å². The molecule has 0 amide bonds. The molecular formula is C11H22O4. The largest absolute Gasteiger partial charge is 0.508 e. The molecule has 0 aromatic rings. The zero-order valence-electron chi connectivity index (χ0n) is 9.79. The van der Waals surface area contributed by atoms with Gasteiger partial charge in [0.15, 0.2) is 0 Å². The topological polar surface area (TPSA) is 44.8 Å². The molecule has 0 heterocycles. The van der Waals surface area contributed by atoms with Crippen LogP contribution in [-0.2, 0) is 14.2 Å². The third-order valence-electron chi connectivity index (χ3n) is 1.76. The number of hydrogen-bond donors (Lipinski definition) is 0. The van der Waals surface area contributed by atoms with E-state index in [9.17, 15) is 4.79 Å². The summed E-state index contributed by atoms with van der Waals surface area (Å²) in [4.78, 5) is 10.9. The number of hydrogen-bond acceptors (Lipinski definition) is 4. The van der Waals surface area contributed by atoms with Gasteiger partial charge in [-0.3, -0.25) is 0 Å². The molecule has 0 aromatic carbocycles. The molecule has 0 saturated carbocycles. The first-order valence-electron chi connectivity index (χ1n) is 5.68. The maximum absolute atomic E-state index is 10.9. The van der Waals surface area contributed by atoms with Crippen molar-refractivity contribution in [2.75, 3.05) is 26.4 Å². The molecular weight excluding hydrogens is 196 g/mol. The van der Waals surface area contributed by atoms with Gasteiger partial charge in [-0.1, -0.05) is 26.7 Å². The minimum absolute atomic E-state index is 0.270. The number of carbonyl (C=O) groups is 1. The molecule has 15 heavy (non-hydrogen) atoms. The monoisotopic (exact) mass is 218 g/mol. The van der Waals surface area contributed by atoms with Crippen LogP contribution in [-0.4, -0.2) is 32.6 Å². The van der Waals surface area contributed by atoms with Crippen LogP contribution in [0.2, 0.25) is 0 Å². The van der Waals surface area contributed by atoms with Crippen LogP contribution < -0.4 is 0 Å². The molecule has 0 aliphatic carbocycles. The highest BCUT2D eigenvalue weighted by Gasteiger charge is 2.02. The molecule has 0 N–H and O–H groups in total. The van der Waals surface area contributed by atoms with E-state index >= 15 is 0 Å². The number of rotatable bonds is 9. The fourth-order valence-electron chi connectivity index (χ4n) is 0.980. The molecule has 4 nitrogen and oxygen atoms in total. The van der Waals surface area contributed by atoms with E-state index in [4.69, 9.17) is 14.2 Å². The summed E-state index contributed by atoms with van der Waals surface area (Å²) in [5.41, 5.74) is 0. The van der Waals surface area contributed by atoms with E-state index in [2.05, 4.69) is 6.92 Å². The van der Waals surface area contributed by atoms with Gasteiger partial charge < -0.3 is 14.2 Å². The molecule has 90 valence electrons. The molecule has 0 atom stereocenters. The standard InChI is InChI=1S/C11H22O4/c1-3-5-6-8-14-11(12)15-10-9-13-7-4-2/h3-10H2,1-2H3. The third-order valence-corrected chi connectivity index (χ3v) is 1.76. The van der Waals surface area contributed by atoms with E-state index in [-0.39, 0.29) is 6.61 Å². The summed E-state index contributed by atoms with van der Waals surface area (Å²) >= 11 is 0. The van der Waals surface area contributed by atoms with E-state index in [1.807, 2.05) is 6.92 Å². The van der Waals surface area contributed by atoms with Crippen LogP contribution in [0, 0.1) is 0 Å². The molecule has 0 spiro atoms. The van der Waals surface area contributed by atoms with Crippen molar-refractivity contribution in [2.24, 2.45) is 0 Å². The Morgan fingerprint density at radius 3 is 2.27 bits per heavy atom. The summed E-state index contributed by atoms with van der Waals surface area (Å²) in [6.45, 7) is 5.99. The van der Waals surface area contributed by atoms with E-state index in [0.29, 0.717) is 19.8 Å². The first kappa shape index (κ1) is 14.2. The number of carbonyl (C=O) groups excluding carboxylic acids is 1. The van der Waals surface area contributed by atoms with Crippen LogP contribution in [0.3, 0.4) is 0 Å². The lowest BCUT2D eigenvalue weighted by Crippen LogP contribution is -2.13. The molecule has 0 aliphatic heterocycles. The van der Waals surface area contributed by atoms with Crippen LogP contribution in [0.5, 0.6) is 0 Å². The average Bonchev–Trinajstić information content (AvgIpc) is 2.24. The van der Waals surface area contributed by atoms with Gasteiger partial charge in [-0.05, 0) is 12.8 Å². The van der Waals surface area contributed by atoms with Gasteiger partial charge in [-0.15, -0.1) is 0 Å². The van der Waals surface area contributed by atoms with Crippen molar-refractivity contribution in [2.45, 2.75) is 39.5 Å². The Hall–Kier alpha value is -0.770. The van der Waals surface area contributed by atoms with Crippen molar-refractivity contribution >= 4 is 6.16 Å². The lowest BCUT2D eigenvalue weighted by Gasteiger charge is -2.06. The normalized spacial score (nSPS) is 10.0. The van der Waals surface area contributed by atoms with E-state index < -0.39 is 6.16 Å². The molecule has 0 radical (unpaired) electrons. The van der Waals surface area contributed by atoms with Crippen LogP contribution in [0.25, 0.3) is 0 Å². The lowest BCUT2D eigenvalue weighted by molar-refractivity contribution is 0.0266. The van der Waals surface area contributed by atoms with Crippen molar-refractivity contribution in [3.63, 3.8) is 0 Å². The molecule has 4 heteroatoms. The Morgan fingerprint density at radius 2 is 1.60 bits per heavy atom. The van der Waals surface area contributed by atoms with Gasteiger partial charge in [0.2, 0.25) is 0 Å². The van der Waals surface area contributed by atoms with Crippen molar-refractivity contribution < 1.29 is 19.0 Å². The molecule has 0 aromatic heterocycles. The number of unbranched alkanes of at least 4 members (excludes halogenated alkanes) is 2. The first-order valence-corrected chi connectivity index (χ1v) is 5.68. The molecule has 0 bridgehead atoms. The molecule has 0 rings (SSSR count). The zero-order valence-corrected chi connectivity index (χ0v) is 9.79. The molecule has 0 saturated heterocycles. The highest BCUT2D eigenvalue weighted by atomic mass is 16.7. The summed E-state index contributed by atoms with van der Waals surface area (Å²) < 4.78 is 14.8. The van der Waals surface area contributed by atoms with Gasteiger partial charge in [0.25, 0.3) is 0 Å². The lowest BCUT2D eigenvalue weighted by atomic mass is 10.3. The summed E-state index contributed by atoms with van der Waals surface area (Å²) in [5.74, 6) is 0. The maximum Gasteiger partial charge on any atom is 0.508 e. The van der Waals surface area contributed by atoms with Crippen molar-refractivity contribution in [1.82, 2.24) is 0 Å². The Labute approximate surface area is 91.9 Å². The summed E-state index contributed by atoms with van der Waals surface area (Å²) in [6, 6.07) is 0. The predicted molar refractivity (Wildman–Crippen MR) is 57.9 cm³/mol. The molecule has 0 fully saturated rings. The second-order valence-electron chi connectivity index (χ2n) is 3.27. The third kappa shape index (κ3) is 11.2. The van der Waals surface area contributed by atoms with Crippen molar-refractivity contribution in [1.29, 1.82) is 0 Å². The van der Waals surface area contributed by atoms with Gasteiger partial charge in [-0.25, -0.2) is 4.79 Å². The summed E-state index contributed by atoms with van der Waals surface area (Å²) in [5, 5.41) is 0. The van der Waals surface area contributed by atoms with E-state index in [0.717, 1.165) is 25.7 Å². The van der Waals surface area contributed by atoms with E-state index in [1.165, 1.54) is 0 Å². The SMILES string of the molecule is CCCCCOC(=O)OCCOCCC. The average molecular weight is 218 g/mol. The smallest absolute Gasteiger partial charge is 0.434 e. The summed E-state index contributed by atoms with van der Waals surface area (Å²) in [7, 11) is 0. The molecule has 0 aliphatic rings. The highest BCUT2D eigenvalue weighted by Crippen LogP contribution is 1.95. The van der Waals surface area contributed by atoms with Crippen LogP contribution in [0.15, 0.2) is 0 Å². The fourth-order valence-corrected chi connectivity index (χ4v) is 0.980. The molecule has 0 unspecified atom stereocenters. The Bertz CT molecular complexity index is 148. The minimum Gasteiger partial charge on any atom is -0.434 e. The van der Waals surface area contributed by atoms with Crippen LogP contribution in [0.1, 0.15) is 39.5 Å². The quantitative estimate of drug-likeness (QED) is 0.441. The van der Waals surface area contributed by atoms with Gasteiger partial charge in [-0.2, -0.15) is 0 Å². The zero-order chi connectivity index (χ0) is 11.4. The van der Waals surface area contributed by atoms with Gasteiger partial charge in [0.1, 0.15) is 6.61 Å². The van der Waals surface area contributed by atoms with Gasteiger partial charge >= 0.3 is 6.16 Å². The van der Waals surface area contributed by atoms with Crippen LogP contribution in [0.4, 0.5) is 4.79 Å². The number of ether oxygens (including phenoxy) is 3. The second-order valence-corrected chi connectivity index (χ2v) is 3.27. The van der Waals surface area contributed by atoms with Crippen molar-refractivity contribution in [3.05, 3.63) is 0 Å². The minimum atomic E-state index is -0.591. The second kappa shape index (κ2) is 11.3. The maximum atomic E-state index is 10.9. The Balaban J connectivity index is 3.11. The first-order chi connectivity index (χ1) is 7.31. The van der Waals surface area contributed by atoms with Gasteiger partial charge in [0, 0.05) is 6.61 Å². The summed E-state index contributed by atoms with van der Waals surface area (Å²) in [6.07, 6.45) is 3.47. The van der Waals surface area contributed by atoms with Crippen molar-refractivity contribution in [3.8, 4) is 0 Å². The predicted octanol–water partition coefficient (Wildman–Crippen LogP) is 2.76. The van der Waals surface area contributed by atoms with Crippen LogP contribution >= 0.6 is 0 Å². The Kier molecular flexibility index (Phi) is 10.7. The highest BCUT2D eigenvalue weighted by molar-refractivity contribution is 5.59. The Morgan fingerprint density at radius 1 is 0.867 bits per heavy atom.